The number of nitro benzene ring substituents is 1. The van der Waals surface area contributed by atoms with Crippen molar-refractivity contribution in [3.05, 3.63) is 33.3 Å². The number of benzene rings is 1. The van der Waals surface area contributed by atoms with Crippen LogP contribution in [0, 0.1) is 10.1 Å². The first-order valence-corrected chi connectivity index (χ1v) is 6.34. The molecular weight excluding hydrogens is 262 g/mol. The van der Waals surface area contributed by atoms with E-state index in [4.69, 9.17) is 16.3 Å². The Labute approximate surface area is 110 Å². The Hall–Kier alpha value is -0.940. The van der Waals surface area contributed by atoms with E-state index in [1.807, 2.05) is 0 Å². The van der Waals surface area contributed by atoms with Crippen LogP contribution in [-0.4, -0.2) is 17.3 Å². The van der Waals surface area contributed by atoms with E-state index >= 15 is 0 Å². The number of unbranched alkanes of at least 4 members (excludes halogenated alkanes) is 2. The van der Waals surface area contributed by atoms with Crippen molar-refractivity contribution in [1.82, 2.24) is 0 Å². The highest BCUT2D eigenvalue weighted by Gasteiger charge is 2.10. The zero-order valence-corrected chi connectivity index (χ0v) is 10.9. The molecule has 0 amide bonds. The topological polar surface area (TPSA) is 52.4 Å². The van der Waals surface area contributed by atoms with Crippen molar-refractivity contribution in [3.63, 3.8) is 0 Å². The van der Waals surface area contributed by atoms with Crippen LogP contribution < -0.4 is 4.74 Å². The summed E-state index contributed by atoms with van der Waals surface area (Å²) < 4.78 is 5.41. The molecule has 0 fully saturated rings. The van der Waals surface area contributed by atoms with Crippen LogP contribution in [0.25, 0.3) is 0 Å². The number of nitrogens with zero attached hydrogens (tertiary/aromatic N) is 1. The zero-order valence-electron chi connectivity index (χ0n) is 9.26. The van der Waals surface area contributed by atoms with Crippen molar-refractivity contribution in [1.29, 1.82) is 0 Å². The maximum atomic E-state index is 10.6. The largest absolute Gasteiger partial charge is 0.492 e. The Morgan fingerprint density at radius 3 is 2.76 bits per heavy atom. The number of thiol groups is 1. The van der Waals surface area contributed by atoms with Gasteiger partial charge in [0.05, 0.1) is 22.6 Å². The van der Waals surface area contributed by atoms with Crippen LogP contribution in [0.4, 0.5) is 5.69 Å². The van der Waals surface area contributed by atoms with Crippen LogP contribution in [0.5, 0.6) is 5.75 Å². The fourth-order valence-corrected chi connectivity index (χ4v) is 1.68. The van der Waals surface area contributed by atoms with Gasteiger partial charge in [-0.2, -0.15) is 12.6 Å². The quantitative estimate of drug-likeness (QED) is 0.357. The minimum absolute atomic E-state index is 0.0141. The molecule has 0 unspecified atom stereocenters. The summed E-state index contributed by atoms with van der Waals surface area (Å²) in [7, 11) is 0. The second-order valence-corrected chi connectivity index (χ2v) is 4.36. The van der Waals surface area contributed by atoms with Gasteiger partial charge in [-0.1, -0.05) is 11.6 Å². The molecule has 0 saturated heterocycles. The molecule has 94 valence electrons. The van der Waals surface area contributed by atoms with Crippen molar-refractivity contribution >= 4 is 29.9 Å². The summed E-state index contributed by atoms with van der Waals surface area (Å²) in [5.41, 5.74) is -0.0141. The third kappa shape index (κ3) is 4.83. The number of hydrogen-bond acceptors (Lipinski definition) is 4. The summed E-state index contributed by atoms with van der Waals surface area (Å²) in [5, 5.41) is 11.0. The lowest BCUT2D eigenvalue weighted by molar-refractivity contribution is -0.384. The SMILES string of the molecule is O=[N+]([O-])c1ccc(Cl)c(OCCCCCS)c1. The normalized spacial score (nSPS) is 10.2. The first kappa shape index (κ1) is 14.1. The van der Waals surface area contributed by atoms with Gasteiger partial charge in [-0.15, -0.1) is 0 Å². The molecule has 17 heavy (non-hydrogen) atoms. The Morgan fingerprint density at radius 2 is 2.12 bits per heavy atom. The first-order chi connectivity index (χ1) is 8.15. The summed E-state index contributed by atoms with van der Waals surface area (Å²) >= 11 is 9.99. The van der Waals surface area contributed by atoms with Crippen LogP contribution in [0.1, 0.15) is 19.3 Å². The second kappa shape index (κ2) is 7.40. The lowest BCUT2D eigenvalue weighted by Gasteiger charge is -2.07. The van der Waals surface area contributed by atoms with Crippen molar-refractivity contribution in [2.45, 2.75) is 19.3 Å². The molecule has 0 bridgehead atoms. The highest BCUT2D eigenvalue weighted by atomic mass is 35.5. The van der Waals surface area contributed by atoms with E-state index in [2.05, 4.69) is 12.6 Å². The highest BCUT2D eigenvalue weighted by molar-refractivity contribution is 7.80. The van der Waals surface area contributed by atoms with Crippen LogP contribution in [0.2, 0.25) is 5.02 Å². The summed E-state index contributed by atoms with van der Waals surface area (Å²) in [6, 6.07) is 4.18. The van der Waals surface area contributed by atoms with Gasteiger partial charge in [-0.3, -0.25) is 10.1 Å². The fourth-order valence-electron chi connectivity index (χ4n) is 1.29. The van der Waals surface area contributed by atoms with Gasteiger partial charge in [0, 0.05) is 6.07 Å². The van der Waals surface area contributed by atoms with Gasteiger partial charge in [0.1, 0.15) is 5.75 Å². The molecule has 1 rings (SSSR count). The van der Waals surface area contributed by atoms with E-state index in [1.165, 1.54) is 18.2 Å². The smallest absolute Gasteiger partial charge is 0.273 e. The predicted octanol–water partition coefficient (Wildman–Crippen LogP) is 3.73. The van der Waals surface area contributed by atoms with Crippen LogP contribution in [-0.2, 0) is 0 Å². The van der Waals surface area contributed by atoms with Crippen molar-refractivity contribution < 1.29 is 9.66 Å². The third-order valence-corrected chi connectivity index (χ3v) is 2.81. The van der Waals surface area contributed by atoms with E-state index in [1.54, 1.807) is 0 Å². The van der Waals surface area contributed by atoms with Gasteiger partial charge in [-0.25, -0.2) is 0 Å². The Kier molecular flexibility index (Phi) is 6.15. The van der Waals surface area contributed by atoms with Gasteiger partial charge in [0.15, 0.2) is 0 Å². The average Bonchev–Trinajstić information content (AvgIpc) is 2.30. The molecule has 0 aliphatic rings. The monoisotopic (exact) mass is 275 g/mol. The van der Waals surface area contributed by atoms with E-state index in [-0.39, 0.29) is 5.69 Å². The Bertz CT molecular complexity index is 387. The number of nitro groups is 1. The van der Waals surface area contributed by atoms with Crippen molar-refractivity contribution in [3.8, 4) is 5.75 Å². The Balaban J connectivity index is 2.51. The molecule has 0 aliphatic heterocycles. The molecule has 0 radical (unpaired) electrons. The van der Waals surface area contributed by atoms with Gasteiger partial charge in [-0.05, 0) is 31.1 Å². The number of halogens is 1. The standard InChI is InChI=1S/C11H14ClNO3S/c12-10-5-4-9(13(14)15)8-11(10)16-6-2-1-3-7-17/h4-5,8,17H,1-3,6-7H2. The molecule has 1 aromatic rings. The van der Waals surface area contributed by atoms with Crippen LogP contribution >= 0.6 is 24.2 Å². The van der Waals surface area contributed by atoms with Crippen molar-refractivity contribution in [2.24, 2.45) is 0 Å². The minimum atomic E-state index is -0.468. The van der Waals surface area contributed by atoms with E-state index in [0.29, 0.717) is 17.4 Å². The molecule has 0 spiro atoms. The summed E-state index contributed by atoms with van der Waals surface area (Å²) in [6.07, 6.45) is 2.95. The van der Waals surface area contributed by atoms with E-state index in [9.17, 15) is 10.1 Å². The van der Waals surface area contributed by atoms with Crippen molar-refractivity contribution in [2.75, 3.05) is 12.4 Å². The zero-order chi connectivity index (χ0) is 12.7. The maximum Gasteiger partial charge on any atom is 0.273 e. The van der Waals surface area contributed by atoms with Gasteiger partial charge in [0.25, 0.3) is 5.69 Å². The molecule has 0 N–H and O–H groups in total. The number of non-ortho nitro benzene ring substituents is 1. The van der Waals surface area contributed by atoms with Crippen LogP contribution in [0.3, 0.4) is 0 Å². The molecule has 0 aliphatic carbocycles. The second-order valence-electron chi connectivity index (χ2n) is 3.50. The molecule has 0 saturated carbocycles. The molecule has 6 heteroatoms. The molecule has 0 atom stereocenters. The predicted molar refractivity (Wildman–Crippen MR) is 71.3 cm³/mol. The fraction of sp³-hybridized carbons (Fsp3) is 0.455. The molecular formula is C11H14ClNO3S. The van der Waals surface area contributed by atoms with Gasteiger partial charge >= 0.3 is 0 Å². The highest BCUT2D eigenvalue weighted by Crippen LogP contribution is 2.28. The summed E-state index contributed by atoms with van der Waals surface area (Å²) in [5.74, 6) is 1.23. The van der Waals surface area contributed by atoms with Gasteiger partial charge in [0.2, 0.25) is 0 Å². The molecule has 4 nitrogen and oxygen atoms in total. The minimum Gasteiger partial charge on any atom is -0.492 e. The lowest BCUT2D eigenvalue weighted by Crippen LogP contribution is -1.99. The maximum absolute atomic E-state index is 10.6. The van der Waals surface area contributed by atoms with Crippen LogP contribution in [0.15, 0.2) is 18.2 Å². The number of ether oxygens (including phenoxy) is 1. The number of hydrogen-bond donors (Lipinski definition) is 1. The van der Waals surface area contributed by atoms with E-state index in [0.717, 1.165) is 25.0 Å². The Morgan fingerprint density at radius 1 is 1.35 bits per heavy atom. The first-order valence-electron chi connectivity index (χ1n) is 5.32. The molecule has 0 heterocycles. The molecule has 1 aromatic carbocycles. The number of rotatable bonds is 7. The van der Waals surface area contributed by atoms with Gasteiger partial charge < -0.3 is 4.74 Å². The molecule has 0 aromatic heterocycles. The summed E-state index contributed by atoms with van der Waals surface area (Å²) in [6.45, 7) is 0.509. The average molecular weight is 276 g/mol. The third-order valence-electron chi connectivity index (χ3n) is 2.19. The lowest BCUT2D eigenvalue weighted by atomic mass is 10.2. The summed E-state index contributed by atoms with van der Waals surface area (Å²) in [4.78, 5) is 10.1. The van der Waals surface area contributed by atoms with E-state index < -0.39 is 4.92 Å².